The molecule has 1 saturated heterocycles. The van der Waals surface area contributed by atoms with Crippen LogP contribution in [0.4, 0.5) is 0 Å². The fourth-order valence-corrected chi connectivity index (χ4v) is 4.41. The zero-order valence-corrected chi connectivity index (χ0v) is 13.2. The third kappa shape index (κ3) is 6.21. The van der Waals surface area contributed by atoms with Gasteiger partial charge in [0, 0.05) is 20.2 Å². The second-order valence-electron chi connectivity index (χ2n) is 5.72. The number of nitrogens with zero attached hydrogens (tertiary/aromatic N) is 1. The van der Waals surface area contributed by atoms with Crippen LogP contribution >= 0.6 is 0 Å². The van der Waals surface area contributed by atoms with Crippen molar-refractivity contribution >= 4 is 10.0 Å². The molecule has 1 fully saturated rings. The van der Waals surface area contributed by atoms with Gasteiger partial charge in [0.25, 0.3) is 0 Å². The van der Waals surface area contributed by atoms with Crippen LogP contribution in [0.15, 0.2) is 0 Å². The third-order valence-electron chi connectivity index (χ3n) is 3.41. The number of hydrogen-bond donors (Lipinski definition) is 1. The van der Waals surface area contributed by atoms with Crippen molar-refractivity contribution < 1.29 is 13.2 Å². The van der Waals surface area contributed by atoms with Gasteiger partial charge in [-0.25, -0.2) is 8.42 Å². The first-order chi connectivity index (χ1) is 8.95. The molecule has 0 radical (unpaired) electrons. The van der Waals surface area contributed by atoms with E-state index in [9.17, 15) is 8.42 Å². The molecule has 6 heteroatoms. The lowest BCUT2D eigenvalue weighted by atomic mass is 10.0. The molecule has 5 nitrogen and oxygen atoms in total. The van der Waals surface area contributed by atoms with E-state index in [-0.39, 0.29) is 5.75 Å². The van der Waals surface area contributed by atoms with E-state index in [4.69, 9.17) is 4.74 Å². The van der Waals surface area contributed by atoms with Crippen LogP contribution in [0.25, 0.3) is 0 Å². The molecular formula is C13H28N2O3S. The molecular weight excluding hydrogens is 264 g/mol. The quantitative estimate of drug-likeness (QED) is 0.723. The van der Waals surface area contributed by atoms with E-state index in [0.29, 0.717) is 31.5 Å². The van der Waals surface area contributed by atoms with Crippen molar-refractivity contribution in [3.8, 4) is 0 Å². The third-order valence-corrected chi connectivity index (χ3v) is 5.42. The number of ether oxygens (including phenoxy) is 1. The Hall–Kier alpha value is -0.170. The van der Waals surface area contributed by atoms with Crippen molar-refractivity contribution in [2.45, 2.75) is 26.7 Å². The number of sulfonamides is 1. The molecule has 1 rings (SSSR count). The van der Waals surface area contributed by atoms with Crippen LogP contribution in [0, 0.1) is 11.8 Å². The summed E-state index contributed by atoms with van der Waals surface area (Å²) in [5.41, 5.74) is 0. The van der Waals surface area contributed by atoms with Gasteiger partial charge in [0.2, 0.25) is 10.0 Å². The predicted octanol–water partition coefficient (Wildman–Crippen LogP) is 0.920. The Kier molecular flexibility index (Phi) is 7.28. The summed E-state index contributed by atoms with van der Waals surface area (Å²) in [6.45, 7) is 7.45. The van der Waals surface area contributed by atoms with Gasteiger partial charge in [-0.3, -0.25) is 0 Å². The van der Waals surface area contributed by atoms with Crippen molar-refractivity contribution in [3.63, 3.8) is 0 Å². The number of nitrogens with one attached hydrogen (secondary N) is 1. The lowest BCUT2D eigenvalue weighted by Gasteiger charge is -2.28. The molecule has 0 bridgehead atoms. The first-order valence-electron chi connectivity index (χ1n) is 7.13. The summed E-state index contributed by atoms with van der Waals surface area (Å²) in [4.78, 5) is 0. The standard InChI is InChI=1S/C13H28N2O3S/c1-12(2)10-15(8-9-18-3)19(16,17)11-13-4-6-14-7-5-13/h12-14H,4-11H2,1-3H3. The van der Waals surface area contributed by atoms with Gasteiger partial charge in [0.1, 0.15) is 0 Å². The topological polar surface area (TPSA) is 58.6 Å². The van der Waals surface area contributed by atoms with E-state index in [1.54, 1.807) is 11.4 Å². The molecule has 0 saturated carbocycles. The summed E-state index contributed by atoms with van der Waals surface area (Å²) >= 11 is 0. The number of methoxy groups -OCH3 is 1. The Morgan fingerprint density at radius 1 is 1.32 bits per heavy atom. The molecule has 1 aliphatic heterocycles. The maximum atomic E-state index is 12.5. The SMILES string of the molecule is COCCN(CC(C)C)S(=O)(=O)CC1CCNCC1. The van der Waals surface area contributed by atoms with Crippen LogP contribution in [0.1, 0.15) is 26.7 Å². The fourth-order valence-electron chi connectivity index (χ4n) is 2.40. The van der Waals surface area contributed by atoms with E-state index in [1.165, 1.54) is 0 Å². The predicted molar refractivity (Wildman–Crippen MR) is 77.7 cm³/mol. The number of rotatable bonds is 8. The average Bonchev–Trinajstić information content (AvgIpc) is 2.34. The Labute approximate surface area is 117 Å². The van der Waals surface area contributed by atoms with E-state index >= 15 is 0 Å². The molecule has 0 unspecified atom stereocenters. The molecule has 0 amide bonds. The molecule has 0 aromatic heterocycles. The number of hydrogen-bond acceptors (Lipinski definition) is 4. The van der Waals surface area contributed by atoms with Crippen LogP contribution in [-0.4, -0.2) is 58.4 Å². The summed E-state index contributed by atoms with van der Waals surface area (Å²) in [5, 5.41) is 3.27. The number of piperidine rings is 1. The zero-order chi connectivity index (χ0) is 14.3. The minimum atomic E-state index is -3.16. The molecule has 19 heavy (non-hydrogen) atoms. The zero-order valence-electron chi connectivity index (χ0n) is 12.4. The summed E-state index contributed by atoms with van der Waals surface area (Å²) in [5.74, 6) is 0.911. The maximum Gasteiger partial charge on any atom is 0.214 e. The highest BCUT2D eigenvalue weighted by atomic mass is 32.2. The van der Waals surface area contributed by atoms with Crippen LogP contribution in [0.5, 0.6) is 0 Å². The van der Waals surface area contributed by atoms with E-state index < -0.39 is 10.0 Å². The summed E-state index contributed by atoms with van der Waals surface area (Å²) in [6, 6.07) is 0. The molecule has 0 spiro atoms. The summed E-state index contributed by atoms with van der Waals surface area (Å²) in [7, 11) is -1.56. The lowest BCUT2D eigenvalue weighted by Crippen LogP contribution is -2.41. The van der Waals surface area contributed by atoms with E-state index in [0.717, 1.165) is 25.9 Å². The Balaban J connectivity index is 2.61. The van der Waals surface area contributed by atoms with Gasteiger partial charge in [0.15, 0.2) is 0 Å². The second kappa shape index (κ2) is 8.19. The molecule has 1 aliphatic rings. The van der Waals surface area contributed by atoms with Crippen molar-refractivity contribution in [1.29, 1.82) is 0 Å². The molecule has 0 aromatic rings. The maximum absolute atomic E-state index is 12.5. The average molecular weight is 292 g/mol. The van der Waals surface area contributed by atoms with Gasteiger partial charge in [-0.2, -0.15) is 4.31 Å². The highest BCUT2D eigenvalue weighted by Gasteiger charge is 2.27. The van der Waals surface area contributed by atoms with Gasteiger partial charge in [-0.15, -0.1) is 0 Å². The minimum Gasteiger partial charge on any atom is -0.383 e. The fraction of sp³-hybridized carbons (Fsp3) is 1.00. The van der Waals surface area contributed by atoms with Gasteiger partial charge in [0.05, 0.1) is 12.4 Å². The normalized spacial score (nSPS) is 18.4. The van der Waals surface area contributed by atoms with Crippen molar-refractivity contribution in [2.24, 2.45) is 11.8 Å². The largest absolute Gasteiger partial charge is 0.383 e. The lowest BCUT2D eigenvalue weighted by molar-refractivity contribution is 0.175. The highest BCUT2D eigenvalue weighted by molar-refractivity contribution is 7.89. The van der Waals surface area contributed by atoms with Gasteiger partial charge in [-0.05, 0) is 37.8 Å². The Morgan fingerprint density at radius 3 is 2.47 bits per heavy atom. The molecule has 1 N–H and O–H groups in total. The molecule has 1 heterocycles. The summed E-state index contributed by atoms with van der Waals surface area (Å²) in [6.07, 6.45) is 1.91. The van der Waals surface area contributed by atoms with Crippen LogP contribution in [-0.2, 0) is 14.8 Å². The van der Waals surface area contributed by atoms with Gasteiger partial charge >= 0.3 is 0 Å². The monoisotopic (exact) mass is 292 g/mol. The Morgan fingerprint density at radius 2 is 1.95 bits per heavy atom. The smallest absolute Gasteiger partial charge is 0.214 e. The van der Waals surface area contributed by atoms with Gasteiger partial charge < -0.3 is 10.1 Å². The first kappa shape index (κ1) is 16.9. The van der Waals surface area contributed by atoms with Crippen molar-refractivity contribution in [3.05, 3.63) is 0 Å². The highest BCUT2D eigenvalue weighted by Crippen LogP contribution is 2.17. The molecule has 0 atom stereocenters. The van der Waals surface area contributed by atoms with Crippen molar-refractivity contribution in [1.82, 2.24) is 9.62 Å². The Bertz CT molecular complexity index is 338. The van der Waals surface area contributed by atoms with E-state index in [1.807, 2.05) is 13.8 Å². The molecule has 0 aliphatic carbocycles. The van der Waals surface area contributed by atoms with E-state index in [2.05, 4.69) is 5.32 Å². The van der Waals surface area contributed by atoms with Crippen LogP contribution in [0.3, 0.4) is 0 Å². The van der Waals surface area contributed by atoms with Crippen LogP contribution in [0.2, 0.25) is 0 Å². The van der Waals surface area contributed by atoms with Gasteiger partial charge in [-0.1, -0.05) is 13.8 Å². The summed E-state index contributed by atoms with van der Waals surface area (Å²) < 4.78 is 31.6. The first-order valence-corrected chi connectivity index (χ1v) is 8.74. The molecule has 0 aromatic carbocycles. The minimum absolute atomic E-state index is 0.283. The molecule has 114 valence electrons. The second-order valence-corrected chi connectivity index (χ2v) is 7.73. The van der Waals surface area contributed by atoms with Crippen LogP contribution < -0.4 is 5.32 Å². The van der Waals surface area contributed by atoms with Crippen molar-refractivity contribution in [2.75, 3.05) is 45.6 Å².